The van der Waals surface area contributed by atoms with Crippen molar-refractivity contribution in [3.05, 3.63) is 64.2 Å². The van der Waals surface area contributed by atoms with E-state index in [4.69, 9.17) is 0 Å². The van der Waals surface area contributed by atoms with Gasteiger partial charge in [0.1, 0.15) is 0 Å². The number of carbonyl (C=O) groups excluding carboxylic acids is 1. The summed E-state index contributed by atoms with van der Waals surface area (Å²) in [6, 6.07) is 13.9. The number of nitro benzene ring substituents is 1. The van der Waals surface area contributed by atoms with Crippen molar-refractivity contribution in [2.75, 3.05) is 17.7 Å². The second kappa shape index (κ2) is 9.97. The molecule has 0 aliphatic heterocycles. The van der Waals surface area contributed by atoms with Crippen LogP contribution in [0.25, 0.3) is 5.69 Å². The predicted octanol–water partition coefficient (Wildman–Crippen LogP) is 3.67. The normalized spacial score (nSPS) is 10.7. The van der Waals surface area contributed by atoms with Gasteiger partial charge in [0.15, 0.2) is 0 Å². The highest BCUT2D eigenvalue weighted by Gasteiger charge is 2.16. The molecule has 0 N–H and O–H groups in total. The summed E-state index contributed by atoms with van der Waals surface area (Å²) in [7, 11) is 1.63. The Kier molecular flexibility index (Phi) is 7.12. The highest BCUT2D eigenvalue weighted by molar-refractivity contribution is 7.99. The zero-order valence-electron chi connectivity index (χ0n) is 16.8. The van der Waals surface area contributed by atoms with Gasteiger partial charge in [-0.25, -0.2) is 0 Å². The Morgan fingerprint density at radius 3 is 2.50 bits per heavy atom. The quantitative estimate of drug-likeness (QED) is 0.292. The van der Waals surface area contributed by atoms with Gasteiger partial charge in [0.2, 0.25) is 11.1 Å². The van der Waals surface area contributed by atoms with E-state index in [0.717, 1.165) is 24.9 Å². The van der Waals surface area contributed by atoms with Crippen molar-refractivity contribution in [2.45, 2.75) is 31.3 Å². The predicted molar refractivity (Wildman–Crippen MR) is 115 cm³/mol. The van der Waals surface area contributed by atoms with Crippen LogP contribution in [0.5, 0.6) is 0 Å². The molecule has 3 rings (SSSR count). The van der Waals surface area contributed by atoms with Gasteiger partial charge in [0.05, 0.1) is 16.4 Å². The van der Waals surface area contributed by atoms with Crippen molar-refractivity contribution in [3.8, 4) is 5.69 Å². The van der Waals surface area contributed by atoms with Crippen molar-refractivity contribution in [1.29, 1.82) is 0 Å². The standard InChI is InChI=1S/C20H22N6O3S/c1-3-4-5-15-6-8-17(9-7-15)25-20(21-22-23-25)30-14-19(27)24(2)16-10-12-18(13-11-16)26(28)29/h6-13H,3-5,14H2,1-2H3. The Morgan fingerprint density at radius 2 is 1.87 bits per heavy atom. The molecule has 0 saturated carbocycles. The molecular formula is C20H22N6O3S. The summed E-state index contributed by atoms with van der Waals surface area (Å²) in [5, 5.41) is 23.1. The van der Waals surface area contributed by atoms with Gasteiger partial charge < -0.3 is 4.90 Å². The molecule has 30 heavy (non-hydrogen) atoms. The van der Waals surface area contributed by atoms with Crippen molar-refractivity contribution < 1.29 is 9.72 Å². The van der Waals surface area contributed by atoms with Crippen LogP contribution in [0.3, 0.4) is 0 Å². The van der Waals surface area contributed by atoms with E-state index < -0.39 is 4.92 Å². The van der Waals surface area contributed by atoms with E-state index in [2.05, 4.69) is 34.6 Å². The fraction of sp³-hybridized carbons (Fsp3) is 0.300. The van der Waals surface area contributed by atoms with E-state index in [1.807, 2.05) is 12.1 Å². The maximum absolute atomic E-state index is 12.5. The number of benzene rings is 2. The number of thioether (sulfide) groups is 1. The summed E-state index contributed by atoms with van der Waals surface area (Å²) in [6.07, 6.45) is 3.34. The Labute approximate surface area is 178 Å². The largest absolute Gasteiger partial charge is 0.315 e. The first kappa shape index (κ1) is 21.4. The number of rotatable bonds is 9. The van der Waals surface area contributed by atoms with Crippen LogP contribution in [0, 0.1) is 10.1 Å². The number of aryl methyl sites for hydroxylation is 1. The van der Waals surface area contributed by atoms with E-state index in [9.17, 15) is 14.9 Å². The number of aromatic nitrogens is 4. The number of anilines is 1. The molecular weight excluding hydrogens is 404 g/mol. The minimum Gasteiger partial charge on any atom is -0.315 e. The van der Waals surface area contributed by atoms with E-state index in [1.54, 1.807) is 23.9 Å². The van der Waals surface area contributed by atoms with Crippen LogP contribution < -0.4 is 4.90 Å². The fourth-order valence-corrected chi connectivity index (χ4v) is 3.59. The first-order chi connectivity index (χ1) is 14.5. The van der Waals surface area contributed by atoms with Crippen LogP contribution in [-0.4, -0.2) is 43.8 Å². The smallest absolute Gasteiger partial charge is 0.269 e. The SMILES string of the molecule is CCCCc1ccc(-n2nnnc2SCC(=O)N(C)c2ccc([N+](=O)[O-])cc2)cc1. The molecule has 0 unspecified atom stereocenters. The first-order valence-corrected chi connectivity index (χ1v) is 10.5. The Hall–Kier alpha value is -3.27. The van der Waals surface area contributed by atoms with Crippen molar-refractivity contribution in [3.63, 3.8) is 0 Å². The van der Waals surface area contributed by atoms with Gasteiger partial charge >= 0.3 is 0 Å². The summed E-state index contributed by atoms with van der Waals surface area (Å²) in [6.45, 7) is 2.17. The Morgan fingerprint density at radius 1 is 1.17 bits per heavy atom. The number of nitro groups is 1. The fourth-order valence-electron chi connectivity index (χ4n) is 2.78. The maximum Gasteiger partial charge on any atom is 0.269 e. The number of hydrogen-bond acceptors (Lipinski definition) is 7. The third kappa shape index (κ3) is 5.20. The molecule has 0 fully saturated rings. The van der Waals surface area contributed by atoms with Gasteiger partial charge in [-0.3, -0.25) is 14.9 Å². The molecule has 0 bridgehead atoms. The summed E-state index contributed by atoms with van der Waals surface area (Å²) in [5.41, 5.74) is 2.66. The molecule has 3 aromatic rings. The number of nitrogens with zero attached hydrogens (tertiary/aromatic N) is 6. The summed E-state index contributed by atoms with van der Waals surface area (Å²) < 4.78 is 1.60. The van der Waals surface area contributed by atoms with Crippen LogP contribution in [0.15, 0.2) is 53.7 Å². The van der Waals surface area contributed by atoms with Gasteiger partial charge in [-0.2, -0.15) is 4.68 Å². The minimum atomic E-state index is -0.475. The molecule has 9 nitrogen and oxygen atoms in total. The maximum atomic E-state index is 12.5. The molecule has 0 spiro atoms. The lowest BCUT2D eigenvalue weighted by Crippen LogP contribution is -2.28. The van der Waals surface area contributed by atoms with Crippen LogP contribution in [0.2, 0.25) is 0 Å². The molecule has 0 aliphatic rings. The van der Waals surface area contributed by atoms with Gasteiger partial charge in [-0.1, -0.05) is 37.2 Å². The molecule has 2 aromatic carbocycles. The lowest BCUT2D eigenvalue weighted by atomic mass is 10.1. The molecule has 156 valence electrons. The Bertz CT molecular complexity index is 1000. The highest BCUT2D eigenvalue weighted by Crippen LogP contribution is 2.22. The van der Waals surface area contributed by atoms with Crippen LogP contribution in [0.4, 0.5) is 11.4 Å². The van der Waals surface area contributed by atoms with Gasteiger partial charge in [-0.15, -0.1) is 5.10 Å². The second-order valence-corrected chi connectivity index (χ2v) is 7.60. The molecule has 1 amide bonds. The Balaban J connectivity index is 1.63. The summed E-state index contributed by atoms with van der Waals surface area (Å²) in [4.78, 5) is 24.3. The summed E-state index contributed by atoms with van der Waals surface area (Å²) in [5.74, 6) is -0.0408. The molecule has 0 saturated heterocycles. The first-order valence-electron chi connectivity index (χ1n) is 9.51. The lowest BCUT2D eigenvalue weighted by Gasteiger charge is -2.16. The zero-order valence-corrected chi connectivity index (χ0v) is 17.6. The molecule has 10 heteroatoms. The number of non-ortho nitro benzene ring substituents is 1. The molecule has 0 radical (unpaired) electrons. The molecule has 1 heterocycles. The minimum absolute atomic E-state index is 0.0196. The van der Waals surface area contributed by atoms with Crippen LogP contribution in [0.1, 0.15) is 25.3 Å². The molecule has 1 aromatic heterocycles. The number of tetrazole rings is 1. The number of hydrogen-bond donors (Lipinski definition) is 0. The van der Waals surface area contributed by atoms with E-state index in [0.29, 0.717) is 10.8 Å². The topological polar surface area (TPSA) is 107 Å². The third-order valence-corrected chi connectivity index (χ3v) is 5.49. The van der Waals surface area contributed by atoms with Gasteiger partial charge in [-0.05, 0) is 53.1 Å². The van der Waals surface area contributed by atoms with Crippen molar-refractivity contribution in [1.82, 2.24) is 20.2 Å². The second-order valence-electron chi connectivity index (χ2n) is 6.66. The summed E-state index contributed by atoms with van der Waals surface area (Å²) >= 11 is 1.23. The van der Waals surface area contributed by atoms with Crippen LogP contribution >= 0.6 is 11.8 Å². The monoisotopic (exact) mass is 426 g/mol. The lowest BCUT2D eigenvalue weighted by molar-refractivity contribution is -0.384. The number of unbranched alkanes of at least 4 members (excludes halogenated alkanes) is 1. The zero-order chi connectivity index (χ0) is 21.5. The van der Waals surface area contributed by atoms with Crippen molar-refractivity contribution >= 4 is 29.0 Å². The molecule has 0 atom stereocenters. The van der Waals surface area contributed by atoms with E-state index >= 15 is 0 Å². The number of carbonyl (C=O) groups is 1. The van der Waals surface area contributed by atoms with Crippen LogP contribution in [-0.2, 0) is 11.2 Å². The van der Waals surface area contributed by atoms with Gasteiger partial charge in [0, 0.05) is 24.9 Å². The highest BCUT2D eigenvalue weighted by atomic mass is 32.2. The average molecular weight is 427 g/mol. The number of amides is 1. The van der Waals surface area contributed by atoms with Gasteiger partial charge in [0.25, 0.3) is 5.69 Å². The average Bonchev–Trinajstić information content (AvgIpc) is 3.24. The van der Waals surface area contributed by atoms with E-state index in [-0.39, 0.29) is 17.3 Å². The molecule has 0 aliphatic carbocycles. The van der Waals surface area contributed by atoms with Crippen molar-refractivity contribution in [2.24, 2.45) is 0 Å². The van der Waals surface area contributed by atoms with E-state index in [1.165, 1.54) is 34.4 Å². The third-order valence-electron chi connectivity index (χ3n) is 4.59.